The first-order valence-corrected chi connectivity index (χ1v) is 8.77. The van der Waals surface area contributed by atoms with Gasteiger partial charge in [-0.15, -0.1) is 0 Å². The van der Waals surface area contributed by atoms with Crippen molar-refractivity contribution in [3.05, 3.63) is 71.3 Å². The molecule has 0 fully saturated rings. The second-order valence-electron chi connectivity index (χ2n) is 6.69. The van der Waals surface area contributed by atoms with Crippen molar-refractivity contribution in [2.45, 2.75) is 44.1 Å². The Balaban J connectivity index is 1.72. The SMILES string of the molecule is NC(CO)(CO)CCc1ccc(CCCCc2ccccc2)cc1. The van der Waals surface area contributed by atoms with Crippen molar-refractivity contribution in [1.29, 1.82) is 0 Å². The zero-order chi connectivity index (χ0) is 17.3. The second-order valence-corrected chi connectivity index (χ2v) is 6.69. The standard InChI is InChI=1S/C21H29NO2/c22-21(16-23,17-24)15-14-20-12-10-19(11-13-20)9-5-4-8-18-6-2-1-3-7-18/h1-3,6-7,10-13,23-24H,4-5,8-9,14-17,22H2. The van der Waals surface area contributed by atoms with Crippen LogP contribution < -0.4 is 5.73 Å². The zero-order valence-corrected chi connectivity index (χ0v) is 14.3. The normalized spacial score (nSPS) is 11.6. The predicted octanol–water partition coefficient (Wildman–Crippen LogP) is 2.87. The quantitative estimate of drug-likeness (QED) is 0.588. The van der Waals surface area contributed by atoms with Crippen molar-refractivity contribution >= 4 is 0 Å². The molecule has 0 radical (unpaired) electrons. The van der Waals surface area contributed by atoms with Gasteiger partial charge in [-0.3, -0.25) is 0 Å². The molecule has 2 rings (SSSR count). The fourth-order valence-electron chi connectivity index (χ4n) is 2.78. The van der Waals surface area contributed by atoms with Gasteiger partial charge in [0.2, 0.25) is 0 Å². The van der Waals surface area contributed by atoms with Gasteiger partial charge in [0.15, 0.2) is 0 Å². The van der Waals surface area contributed by atoms with E-state index >= 15 is 0 Å². The lowest BCUT2D eigenvalue weighted by Gasteiger charge is -2.24. The number of aliphatic hydroxyl groups excluding tert-OH is 2. The van der Waals surface area contributed by atoms with Crippen LogP contribution in [0.5, 0.6) is 0 Å². The number of unbranched alkanes of at least 4 members (excludes halogenated alkanes) is 1. The molecule has 3 nitrogen and oxygen atoms in total. The molecule has 2 aromatic rings. The molecule has 0 heterocycles. The van der Waals surface area contributed by atoms with Crippen LogP contribution >= 0.6 is 0 Å². The molecule has 0 unspecified atom stereocenters. The van der Waals surface area contributed by atoms with E-state index in [0.717, 1.165) is 19.3 Å². The summed E-state index contributed by atoms with van der Waals surface area (Å²) in [5.41, 5.74) is 8.98. The lowest BCUT2D eigenvalue weighted by Crippen LogP contribution is -2.47. The zero-order valence-electron chi connectivity index (χ0n) is 14.3. The minimum Gasteiger partial charge on any atom is -0.394 e. The van der Waals surface area contributed by atoms with E-state index in [1.807, 2.05) is 0 Å². The van der Waals surface area contributed by atoms with Crippen molar-refractivity contribution in [1.82, 2.24) is 0 Å². The number of aliphatic hydroxyl groups is 2. The van der Waals surface area contributed by atoms with E-state index in [9.17, 15) is 10.2 Å². The highest BCUT2D eigenvalue weighted by Crippen LogP contribution is 2.14. The Morgan fingerprint density at radius 3 is 1.62 bits per heavy atom. The summed E-state index contributed by atoms with van der Waals surface area (Å²) in [5.74, 6) is 0. The van der Waals surface area contributed by atoms with Gasteiger partial charge >= 0.3 is 0 Å². The molecule has 4 N–H and O–H groups in total. The van der Waals surface area contributed by atoms with Crippen LogP contribution in [0.15, 0.2) is 54.6 Å². The number of rotatable bonds is 10. The van der Waals surface area contributed by atoms with E-state index in [2.05, 4.69) is 54.6 Å². The summed E-state index contributed by atoms with van der Waals surface area (Å²) in [6, 6.07) is 19.2. The summed E-state index contributed by atoms with van der Waals surface area (Å²) >= 11 is 0. The first-order chi connectivity index (χ1) is 11.6. The van der Waals surface area contributed by atoms with Crippen LogP contribution in [0.4, 0.5) is 0 Å². The van der Waals surface area contributed by atoms with E-state index in [-0.39, 0.29) is 13.2 Å². The smallest absolute Gasteiger partial charge is 0.0633 e. The summed E-state index contributed by atoms with van der Waals surface area (Å²) in [6.07, 6.45) is 5.98. The summed E-state index contributed by atoms with van der Waals surface area (Å²) in [6.45, 7) is -0.383. The summed E-state index contributed by atoms with van der Waals surface area (Å²) < 4.78 is 0. The molecule has 0 spiro atoms. The molecule has 0 aromatic heterocycles. The van der Waals surface area contributed by atoms with Gasteiger partial charge in [-0.05, 0) is 55.2 Å². The minimum atomic E-state index is -0.879. The van der Waals surface area contributed by atoms with Crippen LogP contribution in [0.1, 0.15) is 36.0 Å². The summed E-state index contributed by atoms with van der Waals surface area (Å²) in [7, 11) is 0. The van der Waals surface area contributed by atoms with Crippen LogP contribution in [0.3, 0.4) is 0 Å². The molecule has 2 aromatic carbocycles. The maximum atomic E-state index is 9.23. The second kappa shape index (κ2) is 9.58. The molecule has 130 valence electrons. The molecule has 0 bridgehead atoms. The van der Waals surface area contributed by atoms with Gasteiger partial charge in [0, 0.05) is 0 Å². The topological polar surface area (TPSA) is 66.5 Å². The molecule has 0 amide bonds. The van der Waals surface area contributed by atoms with Gasteiger partial charge in [0.1, 0.15) is 0 Å². The number of hydrogen-bond donors (Lipinski definition) is 3. The van der Waals surface area contributed by atoms with Gasteiger partial charge in [0.05, 0.1) is 18.8 Å². The predicted molar refractivity (Wildman–Crippen MR) is 98.9 cm³/mol. The van der Waals surface area contributed by atoms with Crippen LogP contribution in [0.2, 0.25) is 0 Å². The Morgan fingerprint density at radius 1 is 0.667 bits per heavy atom. The van der Waals surface area contributed by atoms with Crippen molar-refractivity contribution in [3.8, 4) is 0 Å². The van der Waals surface area contributed by atoms with E-state index in [1.54, 1.807) is 0 Å². The summed E-state index contributed by atoms with van der Waals surface area (Å²) in [5, 5.41) is 18.5. The first-order valence-electron chi connectivity index (χ1n) is 8.77. The molecule has 0 saturated heterocycles. The third-order valence-corrected chi connectivity index (χ3v) is 4.59. The fourth-order valence-corrected chi connectivity index (χ4v) is 2.78. The van der Waals surface area contributed by atoms with E-state index in [4.69, 9.17) is 5.73 Å². The average Bonchev–Trinajstić information content (AvgIpc) is 2.65. The summed E-state index contributed by atoms with van der Waals surface area (Å²) in [4.78, 5) is 0. The molecule has 0 aliphatic rings. The monoisotopic (exact) mass is 327 g/mol. The number of aryl methyl sites for hydroxylation is 3. The molecule has 0 aliphatic carbocycles. The van der Waals surface area contributed by atoms with Crippen LogP contribution in [-0.2, 0) is 19.3 Å². The first kappa shape index (κ1) is 18.7. The van der Waals surface area contributed by atoms with Gasteiger partial charge in [-0.25, -0.2) is 0 Å². The Morgan fingerprint density at radius 2 is 1.12 bits per heavy atom. The average molecular weight is 327 g/mol. The third-order valence-electron chi connectivity index (χ3n) is 4.59. The lowest BCUT2D eigenvalue weighted by atomic mass is 9.93. The Bertz CT molecular complexity index is 577. The number of nitrogens with two attached hydrogens (primary N) is 1. The van der Waals surface area contributed by atoms with Gasteiger partial charge < -0.3 is 15.9 Å². The molecular formula is C21H29NO2. The van der Waals surface area contributed by atoms with Gasteiger partial charge in [0.25, 0.3) is 0 Å². The number of benzene rings is 2. The van der Waals surface area contributed by atoms with Crippen molar-refractivity contribution in [2.24, 2.45) is 5.73 Å². The van der Waals surface area contributed by atoms with Gasteiger partial charge in [-0.1, -0.05) is 54.6 Å². The Kier molecular flexibility index (Phi) is 7.44. The van der Waals surface area contributed by atoms with Crippen LogP contribution in [0.25, 0.3) is 0 Å². The van der Waals surface area contributed by atoms with E-state index in [0.29, 0.717) is 6.42 Å². The lowest BCUT2D eigenvalue weighted by molar-refractivity contribution is 0.115. The van der Waals surface area contributed by atoms with Crippen molar-refractivity contribution < 1.29 is 10.2 Å². The van der Waals surface area contributed by atoms with Crippen molar-refractivity contribution in [3.63, 3.8) is 0 Å². The highest BCUT2D eigenvalue weighted by atomic mass is 16.3. The minimum absolute atomic E-state index is 0.191. The molecule has 24 heavy (non-hydrogen) atoms. The largest absolute Gasteiger partial charge is 0.394 e. The highest BCUT2D eigenvalue weighted by molar-refractivity contribution is 5.23. The number of hydrogen-bond acceptors (Lipinski definition) is 3. The Labute approximate surface area is 145 Å². The molecule has 3 heteroatoms. The van der Waals surface area contributed by atoms with E-state index < -0.39 is 5.54 Å². The highest BCUT2D eigenvalue weighted by Gasteiger charge is 2.22. The van der Waals surface area contributed by atoms with Crippen molar-refractivity contribution in [2.75, 3.05) is 13.2 Å². The molecular weight excluding hydrogens is 298 g/mol. The Hall–Kier alpha value is -1.68. The third kappa shape index (κ3) is 6.08. The fraction of sp³-hybridized carbons (Fsp3) is 0.429. The molecule has 0 atom stereocenters. The maximum absolute atomic E-state index is 9.23. The van der Waals surface area contributed by atoms with Crippen LogP contribution in [0, 0.1) is 0 Å². The molecule has 0 aliphatic heterocycles. The van der Waals surface area contributed by atoms with Crippen LogP contribution in [-0.4, -0.2) is 29.0 Å². The van der Waals surface area contributed by atoms with E-state index in [1.165, 1.54) is 29.5 Å². The van der Waals surface area contributed by atoms with Gasteiger partial charge in [-0.2, -0.15) is 0 Å². The maximum Gasteiger partial charge on any atom is 0.0633 e. The molecule has 0 saturated carbocycles.